The third kappa shape index (κ3) is 10.7. The molecule has 13 nitrogen and oxygen atoms in total. The Morgan fingerprint density at radius 1 is 0.812 bits per heavy atom. The second-order valence-corrected chi connectivity index (χ2v) is 7.54. The number of hydrogen-bond acceptors (Lipinski definition) is 7. The molecule has 0 rings (SSSR count). The van der Waals surface area contributed by atoms with Crippen LogP contribution < -0.4 is 27.4 Å². The first kappa shape index (κ1) is 28.8. The quantitative estimate of drug-likeness (QED) is 0.144. The van der Waals surface area contributed by atoms with Crippen LogP contribution in [0.3, 0.4) is 0 Å². The van der Waals surface area contributed by atoms with Crippen LogP contribution in [-0.4, -0.2) is 69.9 Å². The smallest absolute Gasteiger partial charge is 0.326 e. The van der Waals surface area contributed by atoms with E-state index in [-0.39, 0.29) is 25.2 Å². The maximum atomic E-state index is 12.5. The molecule has 9 N–H and O–H groups in total. The molecule has 0 saturated heterocycles. The fourth-order valence-electron chi connectivity index (χ4n) is 2.54. The molecule has 4 amide bonds. The van der Waals surface area contributed by atoms with Gasteiger partial charge in [0.05, 0.1) is 6.04 Å². The van der Waals surface area contributed by atoms with Gasteiger partial charge in [-0.15, -0.1) is 0 Å². The Balaban J connectivity index is 5.23. The number of carbonyl (C=O) groups is 6. The number of carboxylic acid groups (broad SMARTS) is 2. The largest absolute Gasteiger partial charge is 0.481 e. The van der Waals surface area contributed by atoms with Gasteiger partial charge in [-0.1, -0.05) is 20.3 Å². The highest BCUT2D eigenvalue weighted by Crippen LogP contribution is 2.06. The van der Waals surface area contributed by atoms with Crippen molar-refractivity contribution in [2.45, 2.75) is 77.0 Å². The highest BCUT2D eigenvalue weighted by atomic mass is 16.4. The van der Waals surface area contributed by atoms with E-state index in [2.05, 4.69) is 16.0 Å². The van der Waals surface area contributed by atoms with Crippen molar-refractivity contribution in [3.63, 3.8) is 0 Å². The monoisotopic (exact) mass is 459 g/mol. The Hall–Kier alpha value is -3.22. The fraction of sp³-hybridized carbons (Fsp3) is 0.684. The molecule has 0 fully saturated rings. The third-order valence-electron chi connectivity index (χ3n) is 4.89. The molecule has 0 saturated carbocycles. The molecule has 0 radical (unpaired) electrons. The van der Waals surface area contributed by atoms with Gasteiger partial charge in [0.1, 0.15) is 18.1 Å². The van der Waals surface area contributed by atoms with Crippen molar-refractivity contribution in [3.05, 3.63) is 0 Å². The van der Waals surface area contributed by atoms with Crippen LogP contribution in [0.1, 0.15) is 52.9 Å². The van der Waals surface area contributed by atoms with Gasteiger partial charge in [0.15, 0.2) is 0 Å². The summed E-state index contributed by atoms with van der Waals surface area (Å²) in [6.07, 6.45) is -0.759. The van der Waals surface area contributed by atoms with Gasteiger partial charge in [0, 0.05) is 12.8 Å². The highest BCUT2D eigenvalue weighted by molar-refractivity contribution is 5.94. The van der Waals surface area contributed by atoms with Crippen LogP contribution >= 0.6 is 0 Å². The molecular formula is C19H33N5O8. The molecule has 0 aliphatic carbocycles. The normalized spacial score (nSPS) is 15.4. The molecule has 0 aromatic heterocycles. The minimum absolute atomic E-state index is 0.132. The van der Waals surface area contributed by atoms with Crippen molar-refractivity contribution in [1.82, 2.24) is 16.0 Å². The van der Waals surface area contributed by atoms with Crippen LogP contribution in [0.4, 0.5) is 0 Å². The Bertz CT molecular complexity index is 714. The van der Waals surface area contributed by atoms with E-state index in [1.165, 1.54) is 6.92 Å². The number of aliphatic carboxylic acids is 2. The summed E-state index contributed by atoms with van der Waals surface area (Å²) in [5.74, 6) is -5.86. The van der Waals surface area contributed by atoms with Gasteiger partial charge in [-0.2, -0.15) is 0 Å². The van der Waals surface area contributed by atoms with Gasteiger partial charge in [-0.05, 0) is 25.7 Å². The van der Waals surface area contributed by atoms with Crippen molar-refractivity contribution in [2.24, 2.45) is 17.4 Å². The van der Waals surface area contributed by atoms with E-state index in [4.69, 9.17) is 16.6 Å². The number of nitrogens with one attached hydrogen (secondary N) is 3. The Morgan fingerprint density at radius 3 is 1.81 bits per heavy atom. The van der Waals surface area contributed by atoms with Crippen LogP contribution in [-0.2, 0) is 28.8 Å². The van der Waals surface area contributed by atoms with Crippen LogP contribution in [0.25, 0.3) is 0 Å². The molecule has 13 heteroatoms. The maximum Gasteiger partial charge on any atom is 0.326 e. The van der Waals surface area contributed by atoms with E-state index in [0.29, 0.717) is 6.42 Å². The lowest BCUT2D eigenvalue weighted by Crippen LogP contribution is -2.57. The van der Waals surface area contributed by atoms with Gasteiger partial charge >= 0.3 is 11.9 Å². The average molecular weight is 460 g/mol. The molecule has 0 aromatic carbocycles. The third-order valence-corrected chi connectivity index (χ3v) is 4.89. The SMILES string of the molecule is CCC(C)C(N)C(=O)NC(C)C(=O)NC(CCC(=O)O)C(=O)NC(CCC(N)=O)C(=O)O. The number of carbonyl (C=O) groups excluding carboxylic acids is 4. The van der Waals surface area contributed by atoms with Gasteiger partial charge in [-0.25, -0.2) is 4.79 Å². The maximum absolute atomic E-state index is 12.5. The number of carboxylic acids is 2. The zero-order valence-electron chi connectivity index (χ0n) is 18.4. The molecule has 5 unspecified atom stereocenters. The molecule has 32 heavy (non-hydrogen) atoms. The molecule has 182 valence electrons. The van der Waals surface area contributed by atoms with Crippen LogP contribution in [0, 0.1) is 5.92 Å². The van der Waals surface area contributed by atoms with Crippen LogP contribution in [0.15, 0.2) is 0 Å². The first-order valence-corrected chi connectivity index (χ1v) is 10.2. The lowest BCUT2D eigenvalue weighted by Gasteiger charge is -2.24. The standard InChI is InChI=1S/C19H33N5O8/c1-4-9(2)15(21)18(30)22-10(3)16(28)23-11(6-8-14(26)27)17(29)24-12(19(31)32)5-7-13(20)25/h9-12,15H,4-8,21H2,1-3H3,(H2,20,25)(H,22,30)(H,23,28)(H,24,29)(H,26,27)(H,31,32). The van der Waals surface area contributed by atoms with E-state index in [0.717, 1.165) is 0 Å². The number of hydrogen-bond donors (Lipinski definition) is 7. The number of nitrogens with two attached hydrogens (primary N) is 2. The topological polar surface area (TPSA) is 231 Å². The van der Waals surface area contributed by atoms with Gasteiger partial charge in [0.25, 0.3) is 0 Å². The summed E-state index contributed by atoms with van der Waals surface area (Å²) < 4.78 is 0. The fourth-order valence-corrected chi connectivity index (χ4v) is 2.54. The van der Waals surface area contributed by atoms with E-state index >= 15 is 0 Å². The predicted octanol–water partition coefficient (Wildman–Crippen LogP) is -1.95. The summed E-state index contributed by atoms with van der Waals surface area (Å²) in [4.78, 5) is 70.3. The van der Waals surface area contributed by atoms with Crippen LogP contribution in [0.2, 0.25) is 0 Å². The summed E-state index contributed by atoms with van der Waals surface area (Å²) in [5.41, 5.74) is 10.8. The van der Waals surface area contributed by atoms with Crippen molar-refractivity contribution in [3.8, 4) is 0 Å². The van der Waals surface area contributed by atoms with Gasteiger partial charge in [-0.3, -0.25) is 24.0 Å². The molecule has 0 bridgehead atoms. The summed E-state index contributed by atoms with van der Waals surface area (Å²) in [6, 6.07) is -4.80. The van der Waals surface area contributed by atoms with E-state index in [9.17, 15) is 33.9 Å². The summed E-state index contributed by atoms with van der Waals surface area (Å²) in [7, 11) is 0. The zero-order chi connectivity index (χ0) is 25.0. The average Bonchev–Trinajstić information content (AvgIpc) is 2.71. The second kappa shape index (κ2) is 14.0. The van der Waals surface area contributed by atoms with E-state index < -0.39 is 66.2 Å². The van der Waals surface area contributed by atoms with Gasteiger partial charge in [0.2, 0.25) is 23.6 Å². The van der Waals surface area contributed by atoms with Crippen molar-refractivity contribution in [2.75, 3.05) is 0 Å². The minimum atomic E-state index is -1.47. The number of amides is 4. The molecule has 0 aliphatic rings. The second-order valence-electron chi connectivity index (χ2n) is 7.54. The molecule has 0 heterocycles. The summed E-state index contributed by atoms with van der Waals surface area (Å²) in [5, 5.41) is 25.0. The molecule has 0 aliphatic heterocycles. The first-order valence-electron chi connectivity index (χ1n) is 10.2. The van der Waals surface area contributed by atoms with E-state index in [1.807, 2.05) is 6.92 Å². The Kier molecular flexibility index (Phi) is 12.6. The van der Waals surface area contributed by atoms with Crippen molar-refractivity contribution < 1.29 is 39.0 Å². The van der Waals surface area contributed by atoms with E-state index in [1.54, 1.807) is 6.92 Å². The zero-order valence-corrected chi connectivity index (χ0v) is 18.4. The molecule has 0 aromatic rings. The minimum Gasteiger partial charge on any atom is -0.481 e. The summed E-state index contributed by atoms with van der Waals surface area (Å²) in [6.45, 7) is 4.99. The first-order chi connectivity index (χ1) is 14.8. The highest BCUT2D eigenvalue weighted by Gasteiger charge is 2.29. The predicted molar refractivity (Wildman–Crippen MR) is 112 cm³/mol. The van der Waals surface area contributed by atoms with Crippen molar-refractivity contribution >= 4 is 35.6 Å². The molecule has 5 atom stereocenters. The number of primary amides is 1. The summed E-state index contributed by atoms with van der Waals surface area (Å²) >= 11 is 0. The lowest BCUT2D eigenvalue weighted by molar-refractivity contribution is -0.143. The Morgan fingerprint density at radius 2 is 1.34 bits per heavy atom. The number of rotatable bonds is 15. The van der Waals surface area contributed by atoms with Gasteiger partial charge < -0.3 is 37.6 Å². The van der Waals surface area contributed by atoms with Crippen molar-refractivity contribution in [1.29, 1.82) is 0 Å². The lowest BCUT2D eigenvalue weighted by atomic mass is 9.99. The van der Waals surface area contributed by atoms with Crippen LogP contribution in [0.5, 0.6) is 0 Å². The molecule has 0 spiro atoms. The molecular weight excluding hydrogens is 426 g/mol. The Labute approximate surface area is 185 Å².